The van der Waals surface area contributed by atoms with Gasteiger partial charge in [-0.2, -0.15) is 0 Å². The number of rotatable bonds is 4. The Bertz CT molecular complexity index is 1090. The molecule has 1 aliphatic carbocycles. The number of H-pyrrole nitrogens is 1. The normalized spacial score (nSPS) is 14.5. The van der Waals surface area contributed by atoms with Gasteiger partial charge in [0.1, 0.15) is 0 Å². The van der Waals surface area contributed by atoms with Gasteiger partial charge in [0.05, 0.1) is 22.3 Å². The fourth-order valence-corrected chi connectivity index (χ4v) is 3.80. The average Bonchev–Trinajstić information content (AvgIpc) is 3.27. The number of primary amides is 1. The smallest absolute Gasteiger partial charge is 0.326 e. The molecule has 0 radical (unpaired) electrons. The van der Waals surface area contributed by atoms with E-state index in [4.69, 9.17) is 5.73 Å². The van der Waals surface area contributed by atoms with E-state index in [1.165, 1.54) is 0 Å². The van der Waals surface area contributed by atoms with E-state index >= 15 is 0 Å². The summed E-state index contributed by atoms with van der Waals surface area (Å²) in [7, 11) is 0. The largest absolute Gasteiger partial charge is 0.366 e. The summed E-state index contributed by atoms with van der Waals surface area (Å²) in [6, 6.07) is 11.9. The van der Waals surface area contributed by atoms with Gasteiger partial charge in [0, 0.05) is 11.6 Å². The van der Waals surface area contributed by atoms with Gasteiger partial charge in [-0.25, -0.2) is 4.79 Å². The first kappa shape index (κ1) is 17.1. The number of nitrogens with one attached hydrogen (secondary N) is 2. The summed E-state index contributed by atoms with van der Waals surface area (Å²) < 4.78 is 1.80. The van der Waals surface area contributed by atoms with Crippen molar-refractivity contribution in [1.82, 2.24) is 9.55 Å². The fourth-order valence-electron chi connectivity index (χ4n) is 3.80. The van der Waals surface area contributed by atoms with Crippen LogP contribution < -0.4 is 16.7 Å². The van der Waals surface area contributed by atoms with Gasteiger partial charge < -0.3 is 16.0 Å². The van der Waals surface area contributed by atoms with Gasteiger partial charge in [0.2, 0.25) is 0 Å². The van der Waals surface area contributed by atoms with Crippen molar-refractivity contribution in [2.45, 2.75) is 31.7 Å². The molecule has 0 atom stereocenters. The second-order valence-electron chi connectivity index (χ2n) is 6.83. The van der Waals surface area contributed by atoms with E-state index in [0.717, 1.165) is 31.2 Å². The number of aromatic nitrogens is 2. The molecule has 4 N–H and O–H groups in total. The van der Waals surface area contributed by atoms with Crippen molar-refractivity contribution in [3.8, 4) is 0 Å². The van der Waals surface area contributed by atoms with Crippen LogP contribution in [-0.4, -0.2) is 21.4 Å². The first-order valence-corrected chi connectivity index (χ1v) is 8.99. The second-order valence-corrected chi connectivity index (χ2v) is 6.83. The number of amides is 2. The molecule has 2 amide bonds. The maximum Gasteiger partial charge on any atom is 0.326 e. The fraction of sp³-hybridized carbons (Fsp3) is 0.250. The van der Waals surface area contributed by atoms with Crippen LogP contribution in [0, 0.1) is 0 Å². The highest BCUT2D eigenvalue weighted by Gasteiger charge is 2.21. The lowest BCUT2D eigenvalue weighted by molar-refractivity contribution is 0.100. The first-order chi connectivity index (χ1) is 13.0. The van der Waals surface area contributed by atoms with Gasteiger partial charge in [0.15, 0.2) is 0 Å². The van der Waals surface area contributed by atoms with E-state index in [9.17, 15) is 14.4 Å². The number of hydrogen-bond acceptors (Lipinski definition) is 3. The zero-order valence-electron chi connectivity index (χ0n) is 14.7. The number of carbonyl (C=O) groups is 2. The number of para-hydroxylation sites is 1. The van der Waals surface area contributed by atoms with Gasteiger partial charge in [-0.15, -0.1) is 0 Å². The van der Waals surface area contributed by atoms with Crippen LogP contribution in [0.25, 0.3) is 11.0 Å². The zero-order valence-corrected chi connectivity index (χ0v) is 14.7. The molecule has 1 heterocycles. The Balaban J connectivity index is 1.66. The van der Waals surface area contributed by atoms with Gasteiger partial charge in [-0.05, 0) is 43.2 Å². The Labute approximate surface area is 155 Å². The first-order valence-electron chi connectivity index (χ1n) is 8.99. The molecule has 138 valence electrons. The molecule has 0 spiro atoms. The quantitative estimate of drug-likeness (QED) is 0.662. The van der Waals surface area contributed by atoms with Crippen LogP contribution in [0.1, 0.15) is 52.4 Å². The van der Waals surface area contributed by atoms with Crippen LogP contribution >= 0.6 is 0 Å². The van der Waals surface area contributed by atoms with Crippen LogP contribution in [0.4, 0.5) is 5.69 Å². The summed E-state index contributed by atoms with van der Waals surface area (Å²) in [5.74, 6) is -0.987. The molecule has 3 aromatic rings. The molecule has 1 fully saturated rings. The average molecular weight is 364 g/mol. The minimum Gasteiger partial charge on any atom is -0.366 e. The van der Waals surface area contributed by atoms with Gasteiger partial charge in [-0.3, -0.25) is 14.2 Å². The second kappa shape index (κ2) is 6.75. The number of carbonyl (C=O) groups excluding carboxylic acids is 2. The lowest BCUT2D eigenvalue weighted by Gasteiger charge is -2.11. The van der Waals surface area contributed by atoms with Crippen LogP contribution in [0.15, 0.2) is 47.3 Å². The van der Waals surface area contributed by atoms with E-state index < -0.39 is 5.91 Å². The summed E-state index contributed by atoms with van der Waals surface area (Å²) in [6.07, 6.45) is 4.26. The summed E-state index contributed by atoms with van der Waals surface area (Å²) >= 11 is 0. The molecule has 0 saturated heterocycles. The Morgan fingerprint density at radius 1 is 1.11 bits per heavy atom. The third kappa shape index (κ3) is 3.12. The van der Waals surface area contributed by atoms with Crippen LogP contribution in [0.3, 0.4) is 0 Å². The standard InChI is InChI=1S/C20H20N4O3/c21-18(25)14-7-3-4-8-15(14)22-19(26)12-9-10-17-16(11-12)23-20(27)24(17)13-5-1-2-6-13/h3-4,7-11,13H,1-2,5-6H2,(H2,21,25)(H,22,26)(H,23,27). The van der Waals surface area contributed by atoms with Crippen molar-refractivity contribution >= 4 is 28.5 Å². The van der Waals surface area contributed by atoms with Crippen LogP contribution in [0.2, 0.25) is 0 Å². The molecular weight excluding hydrogens is 344 g/mol. The van der Waals surface area contributed by atoms with E-state index in [0.29, 0.717) is 16.8 Å². The number of nitrogens with two attached hydrogens (primary N) is 1. The Kier molecular flexibility index (Phi) is 4.27. The maximum absolute atomic E-state index is 12.6. The van der Waals surface area contributed by atoms with Crippen molar-refractivity contribution in [3.05, 3.63) is 64.1 Å². The number of nitrogens with zero attached hydrogens (tertiary/aromatic N) is 1. The number of hydrogen-bond donors (Lipinski definition) is 3. The molecule has 2 aromatic carbocycles. The maximum atomic E-state index is 12.6. The molecule has 0 bridgehead atoms. The van der Waals surface area contributed by atoms with Gasteiger partial charge >= 0.3 is 5.69 Å². The van der Waals surface area contributed by atoms with Crippen LogP contribution in [-0.2, 0) is 0 Å². The Morgan fingerprint density at radius 2 is 1.85 bits per heavy atom. The Morgan fingerprint density at radius 3 is 2.59 bits per heavy atom. The summed E-state index contributed by atoms with van der Waals surface area (Å²) in [5, 5.41) is 2.71. The number of fused-ring (bicyclic) bond motifs is 1. The van der Waals surface area contributed by atoms with Crippen molar-refractivity contribution in [1.29, 1.82) is 0 Å². The van der Waals surface area contributed by atoms with Crippen molar-refractivity contribution < 1.29 is 9.59 Å². The molecule has 0 aliphatic heterocycles. The van der Waals surface area contributed by atoms with Crippen molar-refractivity contribution in [2.75, 3.05) is 5.32 Å². The predicted molar refractivity (Wildman–Crippen MR) is 103 cm³/mol. The SMILES string of the molecule is NC(=O)c1ccccc1NC(=O)c1ccc2c(c1)[nH]c(=O)n2C1CCCC1. The number of benzene rings is 2. The van der Waals surface area contributed by atoms with Crippen LogP contribution in [0.5, 0.6) is 0 Å². The Hall–Kier alpha value is -3.35. The van der Waals surface area contributed by atoms with E-state index in [2.05, 4.69) is 10.3 Å². The minimum absolute atomic E-state index is 0.145. The number of aromatic amines is 1. The lowest BCUT2D eigenvalue weighted by atomic mass is 10.1. The molecule has 27 heavy (non-hydrogen) atoms. The van der Waals surface area contributed by atoms with Crippen molar-refractivity contribution in [3.63, 3.8) is 0 Å². The molecule has 1 aliphatic rings. The molecule has 4 rings (SSSR count). The van der Waals surface area contributed by atoms with E-state index in [1.807, 2.05) is 0 Å². The van der Waals surface area contributed by atoms with E-state index in [1.54, 1.807) is 47.0 Å². The molecule has 1 saturated carbocycles. The summed E-state index contributed by atoms with van der Waals surface area (Å²) in [6.45, 7) is 0. The predicted octanol–water partition coefficient (Wildman–Crippen LogP) is 2.80. The van der Waals surface area contributed by atoms with Gasteiger partial charge in [0.25, 0.3) is 11.8 Å². The topological polar surface area (TPSA) is 110 Å². The van der Waals surface area contributed by atoms with E-state index in [-0.39, 0.29) is 23.2 Å². The highest BCUT2D eigenvalue weighted by Crippen LogP contribution is 2.30. The summed E-state index contributed by atoms with van der Waals surface area (Å²) in [4.78, 5) is 39.3. The number of anilines is 1. The molecule has 7 heteroatoms. The lowest BCUT2D eigenvalue weighted by Crippen LogP contribution is -2.20. The minimum atomic E-state index is -0.612. The van der Waals surface area contributed by atoms with Crippen molar-refractivity contribution in [2.24, 2.45) is 5.73 Å². The molecule has 1 aromatic heterocycles. The third-order valence-electron chi connectivity index (χ3n) is 5.11. The molecular formula is C20H20N4O3. The monoisotopic (exact) mass is 364 g/mol. The highest BCUT2D eigenvalue weighted by atomic mass is 16.2. The zero-order chi connectivity index (χ0) is 19.0. The number of imidazole rings is 1. The molecule has 0 unspecified atom stereocenters. The highest BCUT2D eigenvalue weighted by molar-refractivity contribution is 6.09. The third-order valence-corrected chi connectivity index (χ3v) is 5.11. The summed E-state index contributed by atoms with van der Waals surface area (Å²) in [5.41, 5.74) is 7.63. The molecule has 7 nitrogen and oxygen atoms in total. The van der Waals surface area contributed by atoms with Gasteiger partial charge in [-0.1, -0.05) is 25.0 Å².